The zero-order chi connectivity index (χ0) is 13.7. The molecular weight excluding hydrogens is 249 g/mol. The Morgan fingerprint density at radius 3 is 2.61 bits per heavy atom. The molecule has 1 N–H and O–H groups in total. The van der Waals surface area contributed by atoms with Gasteiger partial charge in [0, 0.05) is 30.1 Å². The summed E-state index contributed by atoms with van der Waals surface area (Å²) in [6.45, 7) is 3.73. The summed E-state index contributed by atoms with van der Waals surface area (Å²) in [4.78, 5) is 2.07. The Bertz CT molecular complexity index is 384. The van der Waals surface area contributed by atoms with Gasteiger partial charge in [0.2, 0.25) is 0 Å². The minimum atomic E-state index is -0.796. The van der Waals surface area contributed by atoms with Gasteiger partial charge in [0.1, 0.15) is 5.82 Å². The lowest BCUT2D eigenvalue weighted by atomic mass is 10.1. The van der Waals surface area contributed by atoms with Crippen LogP contribution in [-0.4, -0.2) is 30.2 Å². The molecule has 0 amide bonds. The van der Waals surface area contributed by atoms with Gasteiger partial charge in [-0.25, -0.2) is 4.39 Å². The van der Waals surface area contributed by atoms with Crippen LogP contribution in [0.4, 0.5) is 10.1 Å². The molecule has 18 heavy (non-hydrogen) atoms. The van der Waals surface area contributed by atoms with E-state index in [1.54, 1.807) is 24.8 Å². The van der Waals surface area contributed by atoms with E-state index in [4.69, 9.17) is 0 Å². The number of hydrogen-bond donors (Lipinski definition) is 1. The van der Waals surface area contributed by atoms with Crippen LogP contribution in [-0.2, 0) is 0 Å². The van der Waals surface area contributed by atoms with Crippen LogP contribution in [0.5, 0.6) is 0 Å². The lowest BCUT2D eigenvalue weighted by Gasteiger charge is -2.31. The molecule has 2 atom stereocenters. The highest BCUT2D eigenvalue weighted by molar-refractivity contribution is 7.98. The number of anilines is 1. The van der Waals surface area contributed by atoms with E-state index >= 15 is 0 Å². The van der Waals surface area contributed by atoms with Crippen molar-refractivity contribution in [3.05, 3.63) is 29.6 Å². The van der Waals surface area contributed by atoms with Crippen molar-refractivity contribution in [2.45, 2.75) is 32.4 Å². The average Bonchev–Trinajstić information content (AvgIpc) is 2.34. The van der Waals surface area contributed by atoms with E-state index in [2.05, 4.69) is 18.1 Å². The molecule has 0 fully saturated rings. The van der Waals surface area contributed by atoms with E-state index in [1.807, 2.05) is 13.1 Å². The highest BCUT2D eigenvalue weighted by atomic mass is 32.2. The van der Waals surface area contributed by atoms with Crippen molar-refractivity contribution in [2.75, 3.05) is 24.0 Å². The molecule has 0 aliphatic carbocycles. The molecule has 2 unspecified atom stereocenters. The third-order valence-corrected chi connectivity index (χ3v) is 3.92. The van der Waals surface area contributed by atoms with Crippen LogP contribution < -0.4 is 4.90 Å². The molecule has 1 rings (SSSR count). The van der Waals surface area contributed by atoms with Gasteiger partial charge >= 0.3 is 0 Å². The number of rotatable bonds is 6. The van der Waals surface area contributed by atoms with E-state index in [0.717, 1.165) is 17.9 Å². The second-order valence-electron chi connectivity index (χ2n) is 4.48. The third-order valence-electron chi connectivity index (χ3n) is 3.21. The van der Waals surface area contributed by atoms with Crippen molar-refractivity contribution in [3.8, 4) is 0 Å². The number of halogens is 1. The first-order valence-electron chi connectivity index (χ1n) is 6.21. The van der Waals surface area contributed by atoms with Crippen LogP contribution in [0.2, 0.25) is 0 Å². The standard InChI is InChI=1S/C14H22FNOS/c1-5-11(9-18-4)16(3)13-8-6-7-12(15)14(13)10(2)17/h6-8,10-11,17H,5,9H2,1-4H3. The first kappa shape index (κ1) is 15.3. The molecule has 0 aromatic heterocycles. The zero-order valence-electron chi connectivity index (χ0n) is 11.5. The summed E-state index contributed by atoms with van der Waals surface area (Å²) in [7, 11) is 1.96. The molecule has 1 aromatic rings. The SMILES string of the molecule is CCC(CSC)N(C)c1cccc(F)c1C(C)O. The van der Waals surface area contributed by atoms with E-state index in [1.165, 1.54) is 6.07 Å². The third kappa shape index (κ3) is 3.39. The van der Waals surface area contributed by atoms with Crippen molar-refractivity contribution >= 4 is 17.4 Å². The Kier molecular flexibility index (Phi) is 5.96. The van der Waals surface area contributed by atoms with Gasteiger partial charge in [-0.3, -0.25) is 0 Å². The monoisotopic (exact) mass is 271 g/mol. The Hall–Kier alpha value is -0.740. The van der Waals surface area contributed by atoms with Crippen LogP contribution in [0.15, 0.2) is 18.2 Å². The molecule has 0 aliphatic heterocycles. The summed E-state index contributed by atoms with van der Waals surface area (Å²) in [6.07, 6.45) is 2.26. The highest BCUT2D eigenvalue weighted by Crippen LogP contribution is 2.30. The molecule has 0 spiro atoms. The fourth-order valence-corrected chi connectivity index (χ4v) is 2.98. The molecule has 0 radical (unpaired) electrons. The Morgan fingerprint density at radius 2 is 2.11 bits per heavy atom. The Morgan fingerprint density at radius 1 is 1.44 bits per heavy atom. The molecule has 0 saturated heterocycles. The normalized spacial score (nSPS) is 14.3. The van der Waals surface area contributed by atoms with Crippen molar-refractivity contribution in [2.24, 2.45) is 0 Å². The first-order chi connectivity index (χ1) is 8.52. The van der Waals surface area contributed by atoms with E-state index in [9.17, 15) is 9.50 Å². The van der Waals surface area contributed by atoms with E-state index < -0.39 is 6.10 Å². The molecule has 0 bridgehead atoms. The summed E-state index contributed by atoms with van der Waals surface area (Å²) in [5.41, 5.74) is 1.17. The van der Waals surface area contributed by atoms with Crippen LogP contribution in [0.25, 0.3) is 0 Å². The smallest absolute Gasteiger partial charge is 0.131 e. The summed E-state index contributed by atoms with van der Waals surface area (Å²) in [5, 5.41) is 9.75. The molecular formula is C14H22FNOS. The van der Waals surface area contributed by atoms with Gasteiger partial charge in [-0.2, -0.15) is 11.8 Å². The van der Waals surface area contributed by atoms with E-state index in [0.29, 0.717) is 11.6 Å². The van der Waals surface area contributed by atoms with Crippen molar-refractivity contribution in [1.82, 2.24) is 0 Å². The minimum absolute atomic E-state index is 0.339. The maximum atomic E-state index is 13.8. The van der Waals surface area contributed by atoms with Crippen LogP contribution in [0.1, 0.15) is 31.9 Å². The maximum Gasteiger partial charge on any atom is 0.131 e. The minimum Gasteiger partial charge on any atom is -0.389 e. The molecule has 0 heterocycles. The van der Waals surface area contributed by atoms with Crippen molar-refractivity contribution in [3.63, 3.8) is 0 Å². The van der Waals surface area contributed by atoms with Gasteiger partial charge in [0.25, 0.3) is 0 Å². The number of aliphatic hydroxyl groups is 1. The molecule has 0 saturated carbocycles. The quantitative estimate of drug-likeness (QED) is 0.857. The van der Waals surface area contributed by atoms with Crippen LogP contribution in [0, 0.1) is 5.82 Å². The fraction of sp³-hybridized carbons (Fsp3) is 0.571. The number of thioether (sulfide) groups is 1. The van der Waals surface area contributed by atoms with Crippen LogP contribution in [0.3, 0.4) is 0 Å². The molecule has 4 heteroatoms. The fourth-order valence-electron chi connectivity index (χ4n) is 2.14. The lowest BCUT2D eigenvalue weighted by Crippen LogP contribution is -2.34. The van der Waals surface area contributed by atoms with Gasteiger partial charge < -0.3 is 10.0 Å². The van der Waals surface area contributed by atoms with Gasteiger partial charge in [0.05, 0.1) is 6.10 Å². The molecule has 102 valence electrons. The molecule has 2 nitrogen and oxygen atoms in total. The van der Waals surface area contributed by atoms with Crippen molar-refractivity contribution in [1.29, 1.82) is 0 Å². The van der Waals surface area contributed by atoms with Gasteiger partial charge in [-0.15, -0.1) is 0 Å². The molecule has 1 aromatic carbocycles. The predicted molar refractivity (Wildman–Crippen MR) is 77.9 cm³/mol. The predicted octanol–water partition coefficient (Wildman–Crippen LogP) is 3.46. The summed E-state index contributed by atoms with van der Waals surface area (Å²) in [5.74, 6) is 0.649. The maximum absolute atomic E-state index is 13.8. The molecule has 0 aliphatic rings. The van der Waals surface area contributed by atoms with E-state index in [-0.39, 0.29) is 5.82 Å². The topological polar surface area (TPSA) is 23.5 Å². The number of aliphatic hydroxyl groups excluding tert-OH is 1. The summed E-state index contributed by atoms with van der Waals surface area (Å²) >= 11 is 1.78. The van der Waals surface area contributed by atoms with Gasteiger partial charge in [0.15, 0.2) is 0 Å². The highest BCUT2D eigenvalue weighted by Gasteiger charge is 2.20. The largest absolute Gasteiger partial charge is 0.389 e. The Labute approximate surface area is 113 Å². The van der Waals surface area contributed by atoms with Crippen molar-refractivity contribution < 1.29 is 9.50 Å². The number of benzene rings is 1. The summed E-state index contributed by atoms with van der Waals surface area (Å²) < 4.78 is 13.8. The average molecular weight is 271 g/mol. The van der Waals surface area contributed by atoms with Gasteiger partial charge in [-0.05, 0) is 31.7 Å². The van der Waals surface area contributed by atoms with Crippen LogP contribution >= 0.6 is 11.8 Å². The lowest BCUT2D eigenvalue weighted by molar-refractivity contribution is 0.194. The number of hydrogen-bond acceptors (Lipinski definition) is 3. The number of nitrogens with zero attached hydrogens (tertiary/aromatic N) is 1. The summed E-state index contributed by atoms with van der Waals surface area (Å²) in [6, 6.07) is 5.31. The van der Waals surface area contributed by atoms with Gasteiger partial charge in [-0.1, -0.05) is 13.0 Å². The first-order valence-corrected chi connectivity index (χ1v) is 7.60. The second kappa shape index (κ2) is 7.00. The second-order valence-corrected chi connectivity index (χ2v) is 5.39. The Balaban J connectivity index is 3.11. The zero-order valence-corrected chi connectivity index (χ0v) is 12.3.